The van der Waals surface area contributed by atoms with Gasteiger partial charge >= 0.3 is 5.97 Å². The molecule has 1 atom stereocenters. The molecule has 2 N–H and O–H groups in total. The fourth-order valence-electron chi connectivity index (χ4n) is 2.17. The van der Waals surface area contributed by atoms with Crippen LogP contribution < -0.4 is 5.32 Å². The van der Waals surface area contributed by atoms with E-state index in [0.29, 0.717) is 26.2 Å². The van der Waals surface area contributed by atoms with Crippen molar-refractivity contribution in [2.45, 2.75) is 6.04 Å². The number of benzene rings is 1. The van der Waals surface area contributed by atoms with E-state index < -0.39 is 17.8 Å². The lowest BCUT2D eigenvalue weighted by Gasteiger charge is -2.33. The molecule has 1 fully saturated rings. The van der Waals surface area contributed by atoms with Gasteiger partial charge in [-0.1, -0.05) is 17.7 Å². The van der Waals surface area contributed by atoms with Crippen molar-refractivity contribution in [3.05, 3.63) is 34.6 Å². The molecule has 0 aromatic heterocycles. The average Bonchev–Trinajstić information content (AvgIpc) is 2.34. The van der Waals surface area contributed by atoms with Crippen LogP contribution in [0.5, 0.6) is 0 Å². The Morgan fingerprint density at radius 2 is 2.11 bits per heavy atom. The lowest BCUT2D eigenvalue weighted by molar-refractivity contribution is -0.144. The molecular formula is C12H14ClFN2O2. The van der Waals surface area contributed by atoms with Crippen LogP contribution in [0.1, 0.15) is 11.6 Å². The van der Waals surface area contributed by atoms with E-state index in [9.17, 15) is 14.3 Å². The summed E-state index contributed by atoms with van der Waals surface area (Å²) in [4.78, 5) is 13.1. The number of nitrogens with zero attached hydrogens (tertiary/aromatic N) is 1. The first kappa shape index (κ1) is 13.3. The molecule has 0 radical (unpaired) electrons. The number of carbonyl (C=O) groups is 1. The third-order valence-corrected chi connectivity index (χ3v) is 3.35. The van der Waals surface area contributed by atoms with Gasteiger partial charge in [-0.05, 0) is 12.1 Å². The highest BCUT2D eigenvalue weighted by Gasteiger charge is 2.32. The van der Waals surface area contributed by atoms with Crippen LogP contribution in [0.15, 0.2) is 18.2 Å². The zero-order chi connectivity index (χ0) is 13.1. The highest BCUT2D eigenvalue weighted by molar-refractivity contribution is 6.31. The number of halogens is 2. The predicted molar refractivity (Wildman–Crippen MR) is 66.2 cm³/mol. The number of hydrogen-bond donors (Lipinski definition) is 2. The molecule has 1 aromatic rings. The number of piperazine rings is 1. The molecule has 0 bridgehead atoms. The van der Waals surface area contributed by atoms with E-state index in [1.54, 1.807) is 4.90 Å². The van der Waals surface area contributed by atoms with Crippen LogP contribution in [-0.2, 0) is 4.79 Å². The Balaban J connectivity index is 2.37. The number of carboxylic acids is 1. The van der Waals surface area contributed by atoms with E-state index in [-0.39, 0.29) is 10.6 Å². The van der Waals surface area contributed by atoms with Gasteiger partial charge in [0.2, 0.25) is 0 Å². The lowest BCUT2D eigenvalue weighted by atomic mass is 10.0. The standard InChI is InChI=1S/C12H14ClFN2O2/c13-8-2-1-3-9(14)10(8)11(12(17)18)16-6-4-15-5-7-16/h1-3,11,15H,4-7H2,(H,17,18). The molecule has 1 aliphatic rings. The lowest BCUT2D eigenvalue weighted by Crippen LogP contribution is -2.47. The minimum absolute atomic E-state index is 0.0496. The zero-order valence-electron chi connectivity index (χ0n) is 9.70. The SMILES string of the molecule is O=C(O)C(c1c(F)cccc1Cl)N1CCNCC1. The van der Waals surface area contributed by atoms with Crippen molar-refractivity contribution in [1.29, 1.82) is 0 Å². The second kappa shape index (κ2) is 5.65. The van der Waals surface area contributed by atoms with Gasteiger partial charge in [-0.3, -0.25) is 9.69 Å². The summed E-state index contributed by atoms with van der Waals surface area (Å²) in [6.45, 7) is 2.50. The maximum Gasteiger partial charge on any atom is 0.325 e. The fourth-order valence-corrected chi connectivity index (χ4v) is 2.44. The molecule has 6 heteroatoms. The van der Waals surface area contributed by atoms with Crippen LogP contribution in [-0.4, -0.2) is 42.2 Å². The zero-order valence-corrected chi connectivity index (χ0v) is 10.5. The normalized spacial score (nSPS) is 18.6. The van der Waals surface area contributed by atoms with Crippen LogP contribution in [0.25, 0.3) is 0 Å². The van der Waals surface area contributed by atoms with E-state index in [4.69, 9.17) is 11.6 Å². The predicted octanol–water partition coefficient (Wildman–Crippen LogP) is 1.51. The number of aliphatic carboxylic acids is 1. The first-order valence-electron chi connectivity index (χ1n) is 5.72. The molecule has 1 unspecified atom stereocenters. The summed E-state index contributed by atoms with van der Waals surface area (Å²) < 4.78 is 13.8. The van der Waals surface area contributed by atoms with Crippen LogP contribution in [0.2, 0.25) is 5.02 Å². The quantitative estimate of drug-likeness (QED) is 0.876. The van der Waals surface area contributed by atoms with Gasteiger partial charge in [0, 0.05) is 36.8 Å². The molecule has 1 aromatic carbocycles. The molecule has 2 rings (SSSR count). The van der Waals surface area contributed by atoms with E-state index in [0.717, 1.165) is 0 Å². The fraction of sp³-hybridized carbons (Fsp3) is 0.417. The van der Waals surface area contributed by atoms with Gasteiger partial charge in [-0.15, -0.1) is 0 Å². The summed E-state index contributed by atoms with van der Waals surface area (Å²) in [6.07, 6.45) is 0. The van der Waals surface area contributed by atoms with Gasteiger partial charge in [0.15, 0.2) is 0 Å². The number of nitrogens with one attached hydrogen (secondary N) is 1. The molecule has 0 spiro atoms. The highest BCUT2D eigenvalue weighted by atomic mass is 35.5. The summed E-state index contributed by atoms with van der Waals surface area (Å²) in [5.41, 5.74) is 0.0496. The molecule has 1 saturated heterocycles. The Hall–Kier alpha value is -1.17. The van der Waals surface area contributed by atoms with Gasteiger partial charge < -0.3 is 10.4 Å². The Morgan fingerprint density at radius 1 is 1.44 bits per heavy atom. The average molecular weight is 273 g/mol. The molecule has 1 aliphatic heterocycles. The van der Waals surface area contributed by atoms with Crippen molar-refractivity contribution in [3.8, 4) is 0 Å². The van der Waals surface area contributed by atoms with Crippen molar-refractivity contribution >= 4 is 17.6 Å². The van der Waals surface area contributed by atoms with Crippen molar-refractivity contribution in [1.82, 2.24) is 10.2 Å². The third-order valence-electron chi connectivity index (χ3n) is 3.02. The molecule has 1 heterocycles. The summed E-state index contributed by atoms with van der Waals surface area (Å²) in [6, 6.07) is 3.19. The second-order valence-electron chi connectivity index (χ2n) is 4.16. The summed E-state index contributed by atoms with van der Waals surface area (Å²) in [5, 5.41) is 12.6. The summed E-state index contributed by atoms with van der Waals surface area (Å²) in [5.74, 6) is -1.66. The number of hydrogen-bond acceptors (Lipinski definition) is 3. The largest absolute Gasteiger partial charge is 0.480 e. The molecule has 0 saturated carbocycles. The minimum Gasteiger partial charge on any atom is -0.480 e. The van der Waals surface area contributed by atoms with Crippen molar-refractivity contribution in [3.63, 3.8) is 0 Å². The molecular weight excluding hydrogens is 259 g/mol. The smallest absolute Gasteiger partial charge is 0.325 e. The summed E-state index contributed by atoms with van der Waals surface area (Å²) >= 11 is 5.94. The van der Waals surface area contributed by atoms with Crippen molar-refractivity contribution in [2.24, 2.45) is 0 Å². The van der Waals surface area contributed by atoms with E-state index >= 15 is 0 Å². The van der Waals surface area contributed by atoms with Crippen LogP contribution in [0, 0.1) is 5.82 Å². The first-order chi connectivity index (χ1) is 8.61. The second-order valence-corrected chi connectivity index (χ2v) is 4.57. The van der Waals surface area contributed by atoms with Gasteiger partial charge in [-0.25, -0.2) is 4.39 Å². The summed E-state index contributed by atoms with van der Waals surface area (Å²) in [7, 11) is 0. The van der Waals surface area contributed by atoms with Crippen LogP contribution in [0.4, 0.5) is 4.39 Å². The van der Waals surface area contributed by atoms with Gasteiger partial charge in [0.05, 0.1) is 0 Å². The highest BCUT2D eigenvalue weighted by Crippen LogP contribution is 2.30. The first-order valence-corrected chi connectivity index (χ1v) is 6.10. The molecule has 18 heavy (non-hydrogen) atoms. The van der Waals surface area contributed by atoms with Crippen molar-refractivity contribution < 1.29 is 14.3 Å². The van der Waals surface area contributed by atoms with E-state index in [2.05, 4.69) is 5.32 Å². The van der Waals surface area contributed by atoms with Gasteiger partial charge in [-0.2, -0.15) is 0 Å². The molecule has 0 aliphatic carbocycles. The monoisotopic (exact) mass is 272 g/mol. The third kappa shape index (κ3) is 2.63. The number of rotatable bonds is 3. The molecule has 98 valence electrons. The van der Waals surface area contributed by atoms with E-state index in [1.165, 1.54) is 18.2 Å². The van der Waals surface area contributed by atoms with Crippen LogP contribution >= 0.6 is 11.6 Å². The Kier molecular flexibility index (Phi) is 4.16. The topological polar surface area (TPSA) is 52.6 Å². The van der Waals surface area contributed by atoms with E-state index in [1.807, 2.05) is 0 Å². The van der Waals surface area contributed by atoms with Gasteiger partial charge in [0.1, 0.15) is 11.9 Å². The Bertz CT molecular complexity index is 429. The number of carboxylic acid groups (broad SMARTS) is 1. The van der Waals surface area contributed by atoms with Crippen molar-refractivity contribution in [2.75, 3.05) is 26.2 Å². The molecule has 4 nitrogen and oxygen atoms in total. The van der Waals surface area contributed by atoms with Gasteiger partial charge in [0.25, 0.3) is 0 Å². The Morgan fingerprint density at radius 3 is 2.67 bits per heavy atom. The maximum atomic E-state index is 13.8. The minimum atomic E-state index is -1.08. The maximum absolute atomic E-state index is 13.8. The molecule has 0 amide bonds. The van der Waals surface area contributed by atoms with Crippen LogP contribution in [0.3, 0.4) is 0 Å². The Labute approximate surface area is 109 Å².